The van der Waals surface area contributed by atoms with Gasteiger partial charge in [-0.15, -0.1) is 0 Å². The van der Waals surface area contributed by atoms with Crippen LogP contribution in [0.5, 0.6) is 0 Å². The molecule has 112 valence electrons. The van der Waals surface area contributed by atoms with E-state index in [9.17, 15) is 17.6 Å². The standard InChI is InChI=1S/C11H14F4N4O/c1-20-5-4-17-10(19-16)18-9-6-7(11(13,14)15)2-3-8(9)12/h2-3,6H,4-5,16H2,1H3,(H2,17,18,19). The highest BCUT2D eigenvalue weighted by Crippen LogP contribution is 2.31. The number of hydrogen-bond acceptors (Lipinski definition) is 3. The van der Waals surface area contributed by atoms with Gasteiger partial charge in [0.25, 0.3) is 0 Å². The van der Waals surface area contributed by atoms with Crippen LogP contribution in [0, 0.1) is 5.82 Å². The Bertz CT molecular complexity index is 476. The van der Waals surface area contributed by atoms with Crippen molar-refractivity contribution in [3.63, 3.8) is 0 Å². The van der Waals surface area contributed by atoms with Crippen LogP contribution in [0.4, 0.5) is 23.2 Å². The van der Waals surface area contributed by atoms with Gasteiger partial charge in [0.1, 0.15) is 5.82 Å². The molecule has 9 heteroatoms. The number of methoxy groups -OCH3 is 1. The van der Waals surface area contributed by atoms with E-state index in [1.807, 2.05) is 0 Å². The Morgan fingerprint density at radius 3 is 2.65 bits per heavy atom. The summed E-state index contributed by atoms with van der Waals surface area (Å²) in [7, 11) is 1.46. The molecule has 1 aromatic carbocycles. The summed E-state index contributed by atoms with van der Waals surface area (Å²) in [6.07, 6.45) is -4.56. The number of hydrogen-bond donors (Lipinski definition) is 3. The summed E-state index contributed by atoms with van der Waals surface area (Å²) in [4.78, 5) is 3.86. The molecule has 0 spiro atoms. The van der Waals surface area contributed by atoms with Crippen LogP contribution in [-0.4, -0.2) is 26.2 Å². The van der Waals surface area contributed by atoms with E-state index in [0.717, 1.165) is 0 Å². The maximum atomic E-state index is 13.5. The Kier molecular flexibility index (Phi) is 5.71. The second kappa shape index (κ2) is 7.06. The fraction of sp³-hybridized carbons (Fsp3) is 0.364. The predicted molar refractivity (Wildman–Crippen MR) is 66.5 cm³/mol. The summed E-state index contributed by atoms with van der Waals surface area (Å²) in [5.74, 6) is 4.22. The molecule has 0 aliphatic carbocycles. The number of guanidine groups is 1. The Balaban J connectivity index is 2.92. The Labute approximate surface area is 112 Å². The molecule has 0 aliphatic heterocycles. The van der Waals surface area contributed by atoms with E-state index in [2.05, 4.69) is 15.7 Å². The van der Waals surface area contributed by atoms with E-state index < -0.39 is 17.6 Å². The number of hydrazine groups is 1. The topological polar surface area (TPSA) is 71.7 Å². The van der Waals surface area contributed by atoms with Gasteiger partial charge in [-0.25, -0.2) is 15.2 Å². The average molecular weight is 294 g/mol. The Morgan fingerprint density at radius 1 is 1.40 bits per heavy atom. The smallest absolute Gasteiger partial charge is 0.383 e. The number of nitrogens with one attached hydrogen (secondary N) is 2. The fourth-order valence-corrected chi connectivity index (χ4v) is 1.29. The van der Waals surface area contributed by atoms with Gasteiger partial charge in [0, 0.05) is 7.11 Å². The molecule has 5 nitrogen and oxygen atoms in total. The van der Waals surface area contributed by atoms with Crippen LogP contribution < -0.4 is 16.6 Å². The minimum Gasteiger partial charge on any atom is -0.383 e. The van der Waals surface area contributed by atoms with Crippen molar-refractivity contribution in [3.8, 4) is 0 Å². The predicted octanol–water partition coefficient (Wildman–Crippen LogP) is 1.72. The van der Waals surface area contributed by atoms with E-state index in [1.165, 1.54) is 7.11 Å². The Morgan fingerprint density at radius 2 is 2.10 bits per heavy atom. The molecule has 20 heavy (non-hydrogen) atoms. The molecule has 0 atom stereocenters. The van der Waals surface area contributed by atoms with Gasteiger partial charge in [0.05, 0.1) is 24.4 Å². The molecule has 0 aliphatic rings. The Hall–Kier alpha value is -1.87. The number of alkyl halides is 3. The van der Waals surface area contributed by atoms with Gasteiger partial charge in [-0.2, -0.15) is 13.2 Å². The molecular formula is C11H14F4N4O. The lowest BCUT2D eigenvalue weighted by atomic mass is 10.2. The van der Waals surface area contributed by atoms with Crippen LogP contribution >= 0.6 is 0 Å². The third kappa shape index (κ3) is 4.67. The first kappa shape index (κ1) is 16.2. The van der Waals surface area contributed by atoms with Crippen LogP contribution in [0.1, 0.15) is 5.56 Å². The minimum atomic E-state index is -4.56. The van der Waals surface area contributed by atoms with E-state index in [1.54, 1.807) is 0 Å². The molecule has 4 N–H and O–H groups in total. The summed E-state index contributed by atoms with van der Waals surface area (Å²) in [6.45, 7) is 0.502. The second-order valence-electron chi connectivity index (χ2n) is 3.68. The minimum absolute atomic E-state index is 0.0692. The maximum absolute atomic E-state index is 13.5. The molecule has 0 fully saturated rings. The SMILES string of the molecule is COCCN=C(NN)Nc1cc(C(F)(F)F)ccc1F. The van der Waals surface area contributed by atoms with Crippen molar-refractivity contribution >= 4 is 11.6 Å². The number of ether oxygens (including phenoxy) is 1. The quantitative estimate of drug-likeness (QED) is 0.197. The average Bonchev–Trinajstić information content (AvgIpc) is 2.38. The van der Waals surface area contributed by atoms with Crippen molar-refractivity contribution < 1.29 is 22.3 Å². The normalized spacial score (nSPS) is 12.4. The van der Waals surface area contributed by atoms with Crippen molar-refractivity contribution in [2.24, 2.45) is 10.8 Å². The summed E-state index contributed by atoms with van der Waals surface area (Å²) in [5.41, 5.74) is 0.773. The fourth-order valence-electron chi connectivity index (χ4n) is 1.29. The van der Waals surface area contributed by atoms with Crippen LogP contribution in [-0.2, 0) is 10.9 Å². The van der Waals surface area contributed by atoms with Crippen molar-refractivity contribution in [1.82, 2.24) is 5.43 Å². The lowest BCUT2D eigenvalue weighted by Crippen LogP contribution is -2.37. The molecule has 0 amide bonds. The van der Waals surface area contributed by atoms with Crippen LogP contribution in [0.3, 0.4) is 0 Å². The van der Waals surface area contributed by atoms with Gasteiger partial charge in [0.15, 0.2) is 0 Å². The van der Waals surface area contributed by atoms with Gasteiger partial charge in [0.2, 0.25) is 5.96 Å². The number of rotatable bonds is 4. The van der Waals surface area contributed by atoms with Crippen molar-refractivity contribution in [2.45, 2.75) is 6.18 Å². The van der Waals surface area contributed by atoms with Gasteiger partial charge >= 0.3 is 6.18 Å². The molecule has 1 aromatic rings. The monoisotopic (exact) mass is 294 g/mol. The molecule has 0 bridgehead atoms. The van der Waals surface area contributed by atoms with Crippen molar-refractivity contribution in [3.05, 3.63) is 29.6 Å². The zero-order chi connectivity index (χ0) is 15.2. The van der Waals surface area contributed by atoms with E-state index in [4.69, 9.17) is 10.6 Å². The number of benzene rings is 1. The third-order valence-corrected chi connectivity index (χ3v) is 2.25. The number of halogens is 4. The molecule has 0 heterocycles. The summed E-state index contributed by atoms with van der Waals surface area (Å²) < 4.78 is 55.8. The lowest BCUT2D eigenvalue weighted by Gasteiger charge is -2.13. The first-order valence-corrected chi connectivity index (χ1v) is 5.52. The van der Waals surface area contributed by atoms with Crippen molar-refractivity contribution in [2.75, 3.05) is 25.6 Å². The highest BCUT2D eigenvalue weighted by molar-refractivity contribution is 5.93. The van der Waals surface area contributed by atoms with Crippen LogP contribution in [0.25, 0.3) is 0 Å². The summed E-state index contributed by atoms with van der Waals surface area (Å²) in [6, 6.07) is 2.01. The van der Waals surface area contributed by atoms with E-state index in [0.29, 0.717) is 18.2 Å². The van der Waals surface area contributed by atoms with E-state index in [-0.39, 0.29) is 24.8 Å². The van der Waals surface area contributed by atoms with Crippen LogP contribution in [0.2, 0.25) is 0 Å². The molecule has 0 saturated carbocycles. The second-order valence-corrected chi connectivity index (χ2v) is 3.68. The molecule has 0 saturated heterocycles. The zero-order valence-corrected chi connectivity index (χ0v) is 10.6. The molecule has 1 rings (SSSR count). The summed E-state index contributed by atoms with van der Waals surface area (Å²) in [5, 5.41) is 2.35. The number of nitrogens with two attached hydrogens (primary N) is 1. The molecular weight excluding hydrogens is 280 g/mol. The highest BCUT2D eigenvalue weighted by Gasteiger charge is 2.31. The highest BCUT2D eigenvalue weighted by atomic mass is 19.4. The van der Waals surface area contributed by atoms with Gasteiger partial charge < -0.3 is 10.1 Å². The first-order chi connectivity index (χ1) is 9.38. The molecule has 0 unspecified atom stereocenters. The largest absolute Gasteiger partial charge is 0.416 e. The van der Waals surface area contributed by atoms with Gasteiger partial charge in [-0.1, -0.05) is 0 Å². The molecule has 0 radical (unpaired) electrons. The number of anilines is 1. The van der Waals surface area contributed by atoms with Gasteiger partial charge in [-0.05, 0) is 18.2 Å². The lowest BCUT2D eigenvalue weighted by molar-refractivity contribution is -0.137. The first-order valence-electron chi connectivity index (χ1n) is 5.52. The zero-order valence-electron chi connectivity index (χ0n) is 10.6. The van der Waals surface area contributed by atoms with Crippen LogP contribution in [0.15, 0.2) is 23.2 Å². The third-order valence-electron chi connectivity index (χ3n) is 2.25. The van der Waals surface area contributed by atoms with E-state index >= 15 is 0 Å². The number of nitrogens with zero attached hydrogens (tertiary/aromatic N) is 1. The van der Waals surface area contributed by atoms with Gasteiger partial charge in [-0.3, -0.25) is 5.43 Å². The molecule has 0 aromatic heterocycles. The van der Waals surface area contributed by atoms with Crippen molar-refractivity contribution in [1.29, 1.82) is 0 Å². The summed E-state index contributed by atoms with van der Waals surface area (Å²) >= 11 is 0. The maximum Gasteiger partial charge on any atom is 0.416 e. The number of aliphatic imine (C=N–C) groups is 1.